The van der Waals surface area contributed by atoms with Gasteiger partial charge in [0.2, 0.25) is 15.9 Å². The number of amides is 2. The van der Waals surface area contributed by atoms with E-state index in [0.717, 1.165) is 12.3 Å². The van der Waals surface area contributed by atoms with Gasteiger partial charge in [0.25, 0.3) is 5.91 Å². The minimum atomic E-state index is -3.62. The number of carbonyl (C=O) groups excluding carboxylic acids is 2. The molecule has 9 heteroatoms. The third-order valence-corrected chi connectivity index (χ3v) is 9.70. The lowest BCUT2D eigenvalue weighted by Gasteiger charge is -2.31. The molecule has 0 radical (unpaired) electrons. The molecule has 2 N–H and O–H groups in total. The van der Waals surface area contributed by atoms with E-state index in [9.17, 15) is 18.0 Å². The number of fused-ring (bicyclic) bond motifs is 2. The Hall–Kier alpha value is -2.65. The highest BCUT2D eigenvalue weighted by Crippen LogP contribution is 2.49. The van der Waals surface area contributed by atoms with Gasteiger partial charge >= 0.3 is 0 Å². The highest BCUT2D eigenvalue weighted by Gasteiger charge is 2.42. The van der Waals surface area contributed by atoms with Crippen molar-refractivity contribution in [1.82, 2.24) is 9.62 Å². The Morgan fingerprint density at radius 3 is 2.37 bits per heavy atom. The first-order valence-corrected chi connectivity index (χ1v) is 14.0. The molecule has 4 unspecified atom stereocenters. The fraction of sp³-hybridized carbons (Fsp3) is 0.538. The van der Waals surface area contributed by atoms with Crippen molar-refractivity contribution in [1.29, 1.82) is 0 Å². The van der Waals surface area contributed by atoms with Crippen LogP contribution in [0.1, 0.15) is 55.8 Å². The van der Waals surface area contributed by atoms with Gasteiger partial charge in [0, 0.05) is 30.7 Å². The van der Waals surface area contributed by atoms with Crippen LogP contribution < -0.4 is 10.0 Å². The van der Waals surface area contributed by atoms with Gasteiger partial charge in [-0.15, -0.1) is 0 Å². The molecule has 1 aromatic heterocycles. The molecule has 188 valence electrons. The maximum atomic E-state index is 12.9. The summed E-state index contributed by atoms with van der Waals surface area (Å²) in [5.41, 5.74) is 1.08. The van der Waals surface area contributed by atoms with Crippen molar-refractivity contribution < 1.29 is 22.4 Å². The zero-order valence-electron chi connectivity index (χ0n) is 20.0. The first-order chi connectivity index (χ1) is 16.8. The maximum Gasteiger partial charge on any atom is 0.257 e. The van der Waals surface area contributed by atoms with Crippen molar-refractivity contribution in [3.63, 3.8) is 0 Å². The molecule has 2 bridgehead atoms. The average molecular weight is 500 g/mol. The standard InChI is InChI=1S/C26H33N3O5S/c1-17(24-15-18-2-3-20(24)14-18)28-35(32,33)23-6-4-22(5-7-23)27-25(30)19-8-11-29(12-9-19)26(31)21-10-13-34-16-21/h4-7,10,13,16-20,24,28H,2-3,8-9,11-12,14-15H2,1H3,(H,27,30). The van der Waals surface area contributed by atoms with E-state index < -0.39 is 10.0 Å². The zero-order valence-corrected chi connectivity index (χ0v) is 20.8. The Balaban J connectivity index is 1.13. The molecule has 2 amide bonds. The predicted octanol–water partition coefficient (Wildman–Crippen LogP) is 3.87. The van der Waals surface area contributed by atoms with Gasteiger partial charge in [-0.25, -0.2) is 13.1 Å². The second-order valence-corrected chi connectivity index (χ2v) is 12.1. The molecule has 35 heavy (non-hydrogen) atoms. The number of hydrogen-bond acceptors (Lipinski definition) is 5. The first kappa shape index (κ1) is 24.1. The summed E-state index contributed by atoms with van der Waals surface area (Å²) in [6, 6.07) is 7.90. The van der Waals surface area contributed by atoms with Crippen LogP contribution >= 0.6 is 0 Å². The van der Waals surface area contributed by atoms with Crippen molar-refractivity contribution in [3.8, 4) is 0 Å². The second-order valence-electron chi connectivity index (χ2n) is 10.3. The molecule has 5 rings (SSSR count). The van der Waals surface area contributed by atoms with Crippen LogP contribution in [0.15, 0.2) is 52.2 Å². The highest BCUT2D eigenvalue weighted by molar-refractivity contribution is 7.89. The molecular formula is C26H33N3O5S. The lowest BCUT2D eigenvalue weighted by Crippen LogP contribution is -2.41. The molecule has 3 aliphatic rings. The fourth-order valence-corrected chi connectivity index (χ4v) is 7.48. The van der Waals surface area contributed by atoms with E-state index in [1.807, 2.05) is 6.92 Å². The molecule has 1 aliphatic heterocycles. The van der Waals surface area contributed by atoms with Crippen LogP contribution in [0, 0.1) is 23.7 Å². The lowest BCUT2D eigenvalue weighted by atomic mass is 9.84. The third-order valence-electron chi connectivity index (χ3n) is 8.13. The topological polar surface area (TPSA) is 109 Å². The predicted molar refractivity (Wildman–Crippen MR) is 131 cm³/mol. The number of carbonyl (C=O) groups is 2. The largest absolute Gasteiger partial charge is 0.472 e. The van der Waals surface area contributed by atoms with Crippen molar-refractivity contribution in [2.45, 2.75) is 56.4 Å². The number of nitrogens with one attached hydrogen (secondary N) is 2. The van der Waals surface area contributed by atoms with Crippen LogP contribution in [0.2, 0.25) is 0 Å². The number of rotatable bonds is 7. The van der Waals surface area contributed by atoms with E-state index in [1.54, 1.807) is 23.1 Å². The molecule has 1 aromatic carbocycles. The van der Waals surface area contributed by atoms with Gasteiger partial charge in [-0.3, -0.25) is 9.59 Å². The zero-order chi connectivity index (χ0) is 24.6. The number of piperidine rings is 1. The summed E-state index contributed by atoms with van der Waals surface area (Å²) < 4.78 is 33.7. The van der Waals surface area contributed by atoms with Crippen molar-refractivity contribution in [2.75, 3.05) is 18.4 Å². The smallest absolute Gasteiger partial charge is 0.257 e. The Bertz CT molecular complexity index is 1150. The van der Waals surface area contributed by atoms with Crippen LogP contribution in [-0.2, 0) is 14.8 Å². The molecule has 2 heterocycles. The molecule has 3 fully saturated rings. The van der Waals surface area contributed by atoms with Crippen molar-refractivity contribution in [3.05, 3.63) is 48.4 Å². The number of nitrogens with zero attached hydrogens (tertiary/aromatic N) is 1. The first-order valence-electron chi connectivity index (χ1n) is 12.5. The molecule has 2 saturated carbocycles. The summed E-state index contributed by atoms with van der Waals surface area (Å²) in [7, 11) is -3.62. The SMILES string of the molecule is CC(NS(=O)(=O)c1ccc(NC(=O)C2CCN(C(=O)c3ccoc3)CC2)cc1)C1CC2CCC1C2. The Morgan fingerprint density at radius 1 is 1.03 bits per heavy atom. The molecule has 8 nitrogen and oxygen atoms in total. The average Bonchev–Trinajstić information content (AvgIpc) is 3.63. The summed E-state index contributed by atoms with van der Waals surface area (Å²) >= 11 is 0. The fourth-order valence-electron chi connectivity index (χ4n) is 6.18. The monoisotopic (exact) mass is 499 g/mol. The van der Waals surface area contributed by atoms with Crippen molar-refractivity contribution in [2.24, 2.45) is 23.7 Å². The van der Waals surface area contributed by atoms with E-state index >= 15 is 0 Å². The Morgan fingerprint density at radius 2 is 1.77 bits per heavy atom. The molecule has 0 spiro atoms. The van der Waals surface area contributed by atoms with Gasteiger partial charge in [0.1, 0.15) is 6.26 Å². The van der Waals surface area contributed by atoms with Crippen LogP contribution in [0.4, 0.5) is 5.69 Å². The van der Waals surface area contributed by atoms with Crippen molar-refractivity contribution >= 4 is 27.5 Å². The molecule has 2 aromatic rings. The third kappa shape index (κ3) is 5.16. The van der Waals surface area contributed by atoms with Crippen LogP contribution in [0.25, 0.3) is 0 Å². The number of sulfonamides is 1. The van der Waals surface area contributed by atoms with E-state index in [1.165, 1.54) is 43.9 Å². The van der Waals surface area contributed by atoms with E-state index in [-0.39, 0.29) is 28.7 Å². The number of hydrogen-bond donors (Lipinski definition) is 2. The minimum absolute atomic E-state index is 0.0825. The van der Waals surface area contributed by atoms with E-state index in [0.29, 0.717) is 49.0 Å². The van der Waals surface area contributed by atoms with Gasteiger partial charge < -0.3 is 14.6 Å². The summed E-state index contributed by atoms with van der Waals surface area (Å²) in [6.07, 6.45) is 8.92. The minimum Gasteiger partial charge on any atom is -0.472 e. The van der Waals surface area contributed by atoms with E-state index in [2.05, 4.69) is 10.0 Å². The molecular weight excluding hydrogens is 466 g/mol. The summed E-state index contributed by atoms with van der Waals surface area (Å²) in [6.45, 7) is 2.99. The van der Waals surface area contributed by atoms with Gasteiger partial charge in [0.15, 0.2) is 0 Å². The number of benzene rings is 1. The quantitative estimate of drug-likeness (QED) is 0.601. The molecule has 4 atom stereocenters. The normalized spacial score (nSPS) is 25.5. The summed E-state index contributed by atoms with van der Waals surface area (Å²) in [5.74, 6) is 1.44. The lowest BCUT2D eigenvalue weighted by molar-refractivity contribution is -0.121. The molecule has 2 aliphatic carbocycles. The van der Waals surface area contributed by atoms with Gasteiger partial charge in [-0.2, -0.15) is 0 Å². The summed E-state index contributed by atoms with van der Waals surface area (Å²) in [4.78, 5) is 27.1. The number of likely N-dealkylation sites (tertiary alicyclic amines) is 1. The second kappa shape index (κ2) is 9.78. The highest BCUT2D eigenvalue weighted by atomic mass is 32.2. The van der Waals surface area contributed by atoms with Gasteiger partial charge in [-0.1, -0.05) is 6.42 Å². The maximum absolute atomic E-state index is 12.9. The number of anilines is 1. The van der Waals surface area contributed by atoms with Gasteiger partial charge in [-0.05, 0) is 87.1 Å². The Kier molecular flexibility index (Phi) is 6.72. The van der Waals surface area contributed by atoms with E-state index in [4.69, 9.17) is 4.42 Å². The van der Waals surface area contributed by atoms with Crippen LogP contribution in [-0.4, -0.2) is 44.3 Å². The number of furan rings is 1. The Labute approximate surface area is 206 Å². The van der Waals surface area contributed by atoms with Crippen LogP contribution in [0.3, 0.4) is 0 Å². The molecule has 1 saturated heterocycles. The van der Waals surface area contributed by atoms with Crippen LogP contribution in [0.5, 0.6) is 0 Å². The summed E-state index contributed by atoms with van der Waals surface area (Å²) in [5, 5.41) is 2.89. The van der Waals surface area contributed by atoms with Gasteiger partial charge in [0.05, 0.1) is 16.7 Å².